The van der Waals surface area contributed by atoms with E-state index in [1.807, 2.05) is 56.6 Å². The van der Waals surface area contributed by atoms with Crippen LogP contribution in [0, 0.1) is 13.8 Å². The molecule has 0 aliphatic carbocycles. The topological polar surface area (TPSA) is 106 Å². The molecule has 0 saturated heterocycles. The van der Waals surface area contributed by atoms with Gasteiger partial charge >= 0.3 is 0 Å². The third-order valence-electron chi connectivity index (χ3n) is 4.66. The van der Waals surface area contributed by atoms with Crippen molar-refractivity contribution in [2.24, 2.45) is 7.05 Å². The largest absolute Gasteiger partial charge is 0.341 e. The molecule has 9 nitrogen and oxygen atoms in total. The van der Waals surface area contributed by atoms with E-state index >= 15 is 0 Å². The molecule has 1 amide bonds. The third kappa shape index (κ3) is 2.86. The summed E-state index contributed by atoms with van der Waals surface area (Å²) in [6, 6.07) is 7.08. The number of hydrogen-bond acceptors (Lipinski definition) is 5. The molecule has 0 radical (unpaired) electrons. The Kier molecular flexibility index (Phi) is 3.98. The van der Waals surface area contributed by atoms with Crippen molar-refractivity contribution in [3.8, 4) is 11.3 Å². The van der Waals surface area contributed by atoms with E-state index in [2.05, 4.69) is 30.8 Å². The van der Waals surface area contributed by atoms with Gasteiger partial charge in [-0.2, -0.15) is 10.2 Å². The average molecular weight is 364 g/mol. The highest BCUT2D eigenvalue weighted by Crippen LogP contribution is 2.25. The number of nitrogens with zero attached hydrogens (tertiary/aromatic N) is 6. The Hall–Kier alpha value is -3.49. The van der Waals surface area contributed by atoms with Crippen LogP contribution in [0.3, 0.4) is 0 Å². The first-order valence-electron chi connectivity index (χ1n) is 8.62. The number of fused-ring (bicyclic) bond motifs is 1. The minimum Gasteiger partial charge on any atom is -0.341 e. The van der Waals surface area contributed by atoms with E-state index in [4.69, 9.17) is 0 Å². The predicted molar refractivity (Wildman–Crippen MR) is 99.1 cm³/mol. The highest BCUT2D eigenvalue weighted by atomic mass is 16.2. The summed E-state index contributed by atoms with van der Waals surface area (Å²) >= 11 is 0. The first-order chi connectivity index (χ1) is 13.0. The molecule has 27 heavy (non-hydrogen) atoms. The molecule has 0 aromatic carbocycles. The van der Waals surface area contributed by atoms with Crippen LogP contribution in [0.15, 0.2) is 30.5 Å². The number of carbonyl (C=O) groups excluding carboxylic acids is 1. The lowest BCUT2D eigenvalue weighted by molar-refractivity contribution is 0.0933. The summed E-state index contributed by atoms with van der Waals surface area (Å²) in [4.78, 5) is 12.6. The van der Waals surface area contributed by atoms with Gasteiger partial charge in [0, 0.05) is 24.5 Å². The first kappa shape index (κ1) is 17.0. The van der Waals surface area contributed by atoms with Gasteiger partial charge in [0.05, 0.1) is 17.4 Å². The number of pyridine rings is 1. The highest BCUT2D eigenvalue weighted by molar-refractivity contribution is 5.93. The predicted octanol–water partition coefficient (Wildman–Crippen LogP) is 1.96. The average Bonchev–Trinajstić information content (AvgIpc) is 3.33. The number of aromatic amines is 1. The van der Waals surface area contributed by atoms with E-state index in [1.54, 1.807) is 10.7 Å². The molecule has 2 N–H and O–H groups in total. The van der Waals surface area contributed by atoms with Gasteiger partial charge in [0.2, 0.25) is 0 Å². The summed E-state index contributed by atoms with van der Waals surface area (Å²) in [7, 11) is 1.89. The van der Waals surface area contributed by atoms with Crippen molar-refractivity contribution >= 4 is 11.6 Å². The summed E-state index contributed by atoms with van der Waals surface area (Å²) in [6.07, 6.45) is 1.87. The Morgan fingerprint density at radius 1 is 1.26 bits per heavy atom. The quantitative estimate of drug-likeness (QED) is 0.576. The van der Waals surface area contributed by atoms with Crippen molar-refractivity contribution in [2.75, 3.05) is 0 Å². The number of rotatable bonds is 4. The molecule has 4 aromatic heterocycles. The van der Waals surface area contributed by atoms with Gasteiger partial charge in [-0.05, 0) is 39.0 Å². The summed E-state index contributed by atoms with van der Waals surface area (Å²) in [5.74, 6) is 0.408. The molecular weight excluding hydrogens is 344 g/mol. The second-order valence-corrected chi connectivity index (χ2v) is 6.52. The molecule has 0 bridgehead atoms. The molecule has 0 spiro atoms. The van der Waals surface area contributed by atoms with Crippen molar-refractivity contribution in [2.45, 2.75) is 26.8 Å². The minimum atomic E-state index is -0.316. The van der Waals surface area contributed by atoms with Crippen molar-refractivity contribution in [3.05, 3.63) is 53.4 Å². The molecule has 4 heterocycles. The lowest BCUT2D eigenvalue weighted by Gasteiger charge is -2.11. The van der Waals surface area contributed by atoms with Crippen LogP contribution in [0.2, 0.25) is 0 Å². The van der Waals surface area contributed by atoms with Crippen LogP contribution in [0.4, 0.5) is 0 Å². The maximum absolute atomic E-state index is 12.6. The van der Waals surface area contributed by atoms with Gasteiger partial charge in [-0.15, -0.1) is 10.2 Å². The van der Waals surface area contributed by atoms with Crippen LogP contribution in [0.1, 0.15) is 40.7 Å². The van der Waals surface area contributed by atoms with Crippen molar-refractivity contribution < 1.29 is 4.79 Å². The Labute approximate surface area is 155 Å². The number of hydrogen-bond donors (Lipinski definition) is 2. The van der Waals surface area contributed by atoms with Crippen molar-refractivity contribution in [1.82, 2.24) is 39.9 Å². The van der Waals surface area contributed by atoms with Gasteiger partial charge in [0.15, 0.2) is 11.5 Å². The van der Waals surface area contributed by atoms with E-state index in [-0.39, 0.29) is 11.9 Å². The minimum absolute atomic E-state index is 0.256. The van der Waals surface area contributed by atoms with Crippen molar-refractivity contribution in [1.29, 1.82) is 0 Å². The maximum Gasteiger partial charge on any atom is 0.269 e. The SMILES string of the molecule is Cc1nn(C)c(C)c1-c1cc(C(=O)N[C@@H](C)c2nnc3ccccn23)[nH]n1. The smallest absolute Gasteiger partial charge is 0.269 e. The number of H-pyrrole nitrogens is 1. The van der Waals surface area contributed by atoms with E-state index in [0.29, 0.717) is 17.2 Å². The molecule has 9 heteroatoms. The molecule has 0 unspecified atom stereocenters. The molecule has 4 rings (SSSR count). The summed E-state index contributed by atoms with van der Waals surface area (Å²) in [5.41, 5.74) is 4.62. The normalized spacial score (nSPS) is 12.4. The van der Waals surface area contributed by atoms with Gasteiger partial charge in [0.1, 0.15) is 5.69 Å². The van der Waals surface area contributed by atoms with E-state index in [0.717, 1.165) is 22.6 Å². The van der Waals surface area contributed by atoms with E-state index < -0.39 is 0 Å². The maximum atomic E-state index is 12.6. The molecule has 0 aliphatic heterocycles. The fourth-order valence-corrected chi connectivity index (χ4v) is 3.20. The number of aryl methyl sites for hydroxylation is 2. The fourth-order valence-electron chi connectivity index (χ4n) is 3.20. The summed E-state index contributed by atoms with van der Waals surface area (Å²) in [6.45, 7) is 5.77. The summed E-state index contributed by atoms with van der Waals surface area (Å²) in [5, 5.41) is 22.7. The number of nitrogens with one attached hydrogen (secondary N) is 2. The zero-order chi connectivity index (χ0) is 19.1. The van der Waals surface area contributed by atoms with Gasteiger partial charge < -0.3 is 5.32 Å². The Balaban J connectivity index is 1.56. The van der Waals surface area contributed by atoms with Gasteiger partial charge in [0.25, 0.3) is 5.91 Å². The first-order valence-corrected chi connectivity index (χ1v) is 8.62. The monoisotopic (exact) mass is 364 g/mol. The molecule has 1 atom stereocenters. The molecule has 4 aromatic rings. The van der Waals surface area contributed by atoms with Gasteiger partial charge in [-0.3, -0.25) is 19.0 Å². The molecule has 0 saturated carbocycles. The Bertz CT molecular complexity index is 1140. The van der Waals surface area contributed by atoms with Crippen LogP contribution >= 0.6 is 0 Å². The molecule has 0 aliphatic rings. The lowest BCUT2D eigenvalue weighted by Crippen LogP contribution is -2.28. The zero-order valence-electron chi connectivity index (χ0n) is 15.6. The molecule has 0 fully saturated rings. The highest BCUT2D eigenvalue weighted by Gasteiger charge is 2.20. The Morgan fingerprint density at radius 2 is 2.07 bits per heavy atom. The number of carbonyl (C=O) groups is 1. The second-order valence-electron chi connectivity index (χ2n) is 6.52. The van der Waals surface area contributed by atoms with Gasteiger partial charge in [-0.1, -0.05) is 6.07 Å². The van der Waals surface area contributed by atoms with E-state index in [1.165, 1.54) is 0 Å². The van der Waals surface area contributed by atoms with Crippen LogP contribution in [0.25, 0.3) is 16.9 Å². The second kappa shape index (κ2) is 6.35. The zero-order valence-corrected chi connectivity index (χ0v) is 15.6. The third-order valence-corrected chi connectivity index (χ3v) is 4.66. The van der Waals surface area contributed by atoms with Crippen LogP contribution in [0.5, 0.6) is 0 Å². The van der Waals surface area contributed by atoms with Crippen LogP contribution in [-0.4, -0.2) is 40.5 Å². The molecule has 138 valence electrons. The van der Waals surface area contributed by atoms with Crippen LogP contribution < -0.4 is 5.32 Å². The molecular formula is C18H20N8O. The van der Waals surface area contributed by atoms with Crippen LogP contribution in [-0.2, 0) is 7.05 Å². The van der Waals surface area contributed by atoms with Gasteiger partial charge in [-0.25, -0.2) is 0 Å². The fraction of sp³-hybridized carbons (Fsp3) is 0.278. The number of aromatic nitrogens is 7. The Morgan fingerprint density at radius 3 is 2.81 bits per heavy atom. The number of amides is 1. The van der Waals surface area contributed by atoms with E-state index in [9.17, 15) is 4.79 Å². The lowest BCUT2D eigenvalue weighted by atomic mass is 10.1. The standard InChI is InChI=1S/C18H20N8O/c1-10-16(12(3)25(4)24-10)13-9-14(21-20-13)18(27)19-11(2)17-23-22-15-7-5-6-8-26(15)17/h5-9,11H,1-4H3,(H,19,27)(H,20,21)/t11-/m0/s1. The van der Waals surface area contributed by atoms with Crippen molar-refractivity contribution in [3.63, 3.8) is 0 Å². The summed E-state index contributed by atoms with van der Waals surface area (Å²) < 4.78 is 3.66.